The summed E-state index contributed by atoms with van der Waals surface area (Å²) in [6.07, 6.45) is 1.18. The van der Waals surface area contributed by atoms with Crippen LogP contribution in [-0.2, 0) is 0 Å². The van der Waals surface area contributed by atoms with Crippen LogP contribution in [0.3, 0.4) is 0 Å². The van der Waals surface area contributed by atoms with Crippen LogP contribution in [0, 0.1) is 5.41 Å². The molecule has 1 saturated carbocycles. The van der Waals surface area contributed by atoms with Crippen molar-refractivity contribution in [1.82, 2.24) is 0 Å². The summed E-state index contributed by atoms with van der Waals surface area (Å²) in [6, 6.07) is 0.472. The van der Waals surface area contributed by atoms with Gasteiger partial charge in [0.05, 0.1) is 11.2 Å². The first-order valence-corrected chi connectivity index (χ1v) is 3.14. The first-order valence-electron chi connectivity index (χ1n) is 2.74. The summed E-state index contributed by atoms with van der Waals surface area (Å²) in [7, 11) is 0. The molecule has 0 heterocycles. The topological polar surface area (TPSA) is 12.4 Å². The van der Waals surface area contributed by atoms with Gasteiger partial charge in [0.15, 0.2) is 0 Å². The molecule has 1 atom stereocenters. The molecule has 0 N–H and O–H groups in total. The Bertz CT molecular complexity index is 145. The summed E-state index contributed by atoms with van der Waals surface area (Å²) < 4.78 is 0. The van der Waals surface area contributed by atoms with E-state index in [-0.39, 0.29) is 0 Å². The van der Waals surface area contributed by atoms with E-state index in [1.807, 2.05) is 0 Å². The predicted octanol–water partition coefficient (Wildman–Crippen LogP) is 1.89. The van der Waals surface area contributed by atoms with Crippen molar-refractivity contribution in [3.05, 3.63) is 0 Å². The van der Waals surface area contributed by atoms with Crippen LogP contribution >= 0.6 is 12.2 Å². The highest BCUT2D eigenvalue weighted by Crippen LogP contribution is 2.46. The maximum Gasteiger partial charge on any atom is 0.0660 e. The number of hydrogen-bond donors (Lipinski definition) is 0. The van der Waals surface area contributed by atoms with Crippen molar-refractivity contribution in [3.8, 4) is 0 Å². The van der Waals surface area contributed by atoms with Gasteiger partial charge in [0, 0.05) is 0 Å². The van der Waals surface area contributed by atoms with Gasteiger partial charge in [-0.15, -0.1) is 0 Å². The highest BCUT2D eigenvalue weighted by atomic mass is 32.1. The van der Waals surface area contributed by atoms with Crippen molar-refractivity contribution in [1.29, 1.82) is 0 Å². The van der Waals surface area contributed by atoms with Crippen molar-refractivity contribution in [2.45, 2.75) is 26.3 Å². The van der Waals surface area contributed by atoms with Gasteiger partial charge in [-0.3, -0.25) is 0 Å². The lowest BCUT2D eigenvalue weighted by molar-refractivity contribution is 0.620. The predicted molar refractivity (Wildman–Crippen MR) is 37.2 cm³/mol. The second kappa shape index (κ2) is 1.64. The zero-order chi connectivity index (χ0) is 6.20. The number of hydrogen-bond acceptors (Lipinski definition) is 2. The Morgan fingerprint density at radius 2 is 2.25 bits per heavy atom. The Balaban J connectivity index is 2.48. The Labute approximate surface area is 54.8 Å². The molecule has 0 aromatic carbocycles. The molecule has 0 bridgehead atoms. The highest BCUT2D eigenvalue weighted by molar-refractivity contribution is 7.78. The standard InChI is InChI=1S/C6H9NS/c1-6(2)3-5(6)7-4-8/h5H,3H2,1-2H3. The van der Waals surface area contributed by atoms with E-state index in [9.17, 15) is 0 Å². The monoisotopic (exact) mass is 127 g/mol. The number of rotatable bonds is 1. The van der Waals surface area contributed by atoms with Crippen molar-refractivity contribution in [2.24, 2.45) is 10.4 Å². The second-order valence-corrected chi connectivity index (χ2v) is 3.11. The Morgan fingerprint density at radius 3 is 2.38 bits per heavy atom. The SMILES string of the molecule is CC1(C)CC1N=C=S. The normalized spacial score (nSPS) is 31.0. The number of thiocarbonyl (C=S) groups is 1. The Kier molecular flexibility index (Phi) is 1.22. The average Bonchev–Trinajstić information content (AvgIpc) is 2.15. The average molecular weight is 127 g/mol. The molecule has 1 rings (SSSR count). The fraction of sp³-hybridized carbons (Fsp3) is 0.833. The minimum Gasteiger partial charge on any atom is -0.229 e. The summed E-state index contributed by atoms with van der Waals surface area (Å²) in [4.78, 5) is 3.95. The highest BCUT2D eigenvalue weighted by Gasteiger charge is 2.45. The van der Waals surface area contributed by atoms with Crippen LogP contribution in [0.2, 0.25) is 0 Å². The van der Waals surface area contributed by atoms with E-state index in [0.717, 1.165) is 0 Å². The van der Waals surface area contributed by atoms with E-state index in [4.69, 9.17) is 0 Å². The van der Waals surface area contributed by atoms with E-state index in [2.05, 4.69) is 36.2 Å². The lowest BCUT2D eigenvalue weighted by Crippen LogP contribution is -1.89. The van der Waals surface area contributed by atoms with E-state index in [1.165, 1.54) is 6.42 Å². The largest absolute Gasteiger partial charge is 0.229 e. The first-order chi connectivity index (χ1) is 3.67. The van der Waals surface area contributed by atoms with E-state index >= 15 is 0 Å². The van der Waals surface area contributed by atoms with Gasteiger partial charge in [-0.1, -0.05) is 13.8 Å². The van der Waals surface area contributed by atoms with Gasteiger partial charge in [0.25, 0.3) is 0 Å². The van der Waals surface area contributed by atoms with E-state index in [1.54, 1.807) is 0 Å². The van der Waals surface area contributed by atoms with Crippen LogP contribution in [0.5, 0.6) is 0 Å². The molecule has 0 amide bonds. The summed E-state index contributed by atoms with van der Waals surface area (Å²) in [5.41, 5.74) is 0.422. The van der Waals surface area contributed by atoms with Crippen LogP contribution < -0.4 is 0 Å². The fourth-order valence-electron chi connectivity index (χ4n) is 0.723. The molecule has 0 aromatic rings. The molecule has 0 aromatic heterocycles. The molecule has 0 aliphatic heterocycles. The molecule has 1 nitrogen and oxygen atoms in total. The minimum atomic E-state index is 0.422. The summed E-state index contributed by atoms with van der Waals surface area (Å²) in [5.74, 6) is 0. The molecule has 1 aliphatic carbocycles. The molecule has 44 valence electrons. The maximum absolute atomic E-state index is 4.45. The van der Waals surface area contributed by atoms with Gasteiger partial charge in [-0.25, -0.2) is 4.99 Å². The number of nitrogens with zero attached hydrogens (tertiary/aromatic N) is 1. The van der Waals surface area contributed by atoms with Crippen molar-refractivity contribution >= 4 is 17.4 Å². The number of aliphatic imine (C=N–C) groups is 1. The molecule has 1 fully saturated rings. The van der Waals surface area contributed by atoms with Gasteiger partial charge in [0.1, 0.15) is 0 Å². The third-order valence-electron chi connectivity index (χ3n) is 1.67. The van der Waals surface area contributed by atoms with E-state index < -0.39 is 0 Å². The summed E-state index contributed by atoms with van der Waals surface area (Å²) in [5, 5.41) is 2.39. The van der Waals surface area contributed by atoms with Crippen molar-refractivity contribution in [3.63, 3.8) is 0 Å². The molecule has 0 radical (unpaired) electrons. The van der Waals surface area contributed by atoms with Gasteiger partial charge in [-0.05, 0) is 24.1 Å². The lowest BCUT2D eigenvalue weighted by atomic mass is 10.2. The maximum atomic E-state index is 4.45. The Hall–Kier alpha value is -0.200. The lowest BCUT2D eigenvalue weighted by Gasteiger charge is -1.92. The molecule has 1 unspecified atom stereocenters. The molecule has 0 spiro atoms. The van der Waals surface area contributed by atoms with Crippen LogP contribution in [0.4, 0.5) is 0 Å². The third-order valence-corrected chi connectivity index (χ3v) is 1.78. The summed E-state index contributed by atoms with van der Waals surface area (Å²) in [6.45, 7) is 4.38. The van der Waals surface area contributed by atoms with Crippen LogP contribution in [0.15, 0.2) is 4.99 Å². The molecular weight excluding hydrogens is 118 g/mol. The molecule has 1 aliphatic rings. The fourth-order valence-corrected chi connectivity index (χ4v) is 0.851. The first kappa shape index (κ1) is 5.93. The zero-order valence-corrected chi connectivity index (χ0v) is 5.96. The van der Waals surface area contributed by atoms with Gasteiger partial charge in [0.2, 0.25) is 0 Å². The van der Waals surface area contributed by atoms with Crippen molar-refractivity contribution in [2.75, 3.05) is 0 Å². The smallest absolute Gasteiger partial charge is 0.0660 e. The quantitative estimate of drug-likeness (QED) is 0.387. The van der Waals surface area contributed by atoms with Crippen LogP contribution in [0.1, 0.15) is 20.3 Å². The van der Waals surface area contributed by atoms with Crippen molar-refractivity contribution < 1.29 is 0 Å². The minimum absolute atomic E-state index is 0.422. The Morgan fingerprint density at radius 1 is 1.75 bits per heavy atom. The number of isothiocyanates is 1. The second-order valence-electron chi connectivity index (χ2n) is 2.93. The van der Waals surface area contributed by atoms with Gasteiger partial charge in [-0.2, -0.15) is 0 Å². The molecule has 2 heteroatoms. The molecular formula is C6H9NS. The van der Waals surface area contributed by atoms with Gasteiger partial charge >= 0.3 is 0 Å². The van der Waals surface area contributed by atoms with Crippen LogP contribution in [-0.4, -0.2) is 11.2 Å². The molecule has 0 saturated heterocycles. The molecule has 8 heavy (non-hydrogen) atoms. The van der Waals surface area contributed by atoms with Crippen LogP contribution in [0.25, 0.3) is 0 Å². The van der Waals surface area contributed by atoms with E-state index in [0.29, 0.717) is 11.5 Å². The summed E-state index contributed by atoms with van der Waals surface area (Å²) >= 11 is 4.45. The van der Waals surface area contributed by atoms with Gasteiger partial charge < -0.3 is 0 Å². The third kappa shape index (κ3) is 0.960. The zero-order valence-electron chi connectivity index (χ0n) is 5.14.